The summed E-state index contributed by atoms with van der Waals surface area (Å²) >= 11 is 9.69. The Bertz CT molecular complexity index is 1020. The van der Waals surface area contributed by atoms with E-state index in [1.54, 1.807) is 14.2 Å². The first-order valence-corrected chi connectivity index (χ1v) is 14.0. The highest BCUT2D eigenvalue weighted by molar-refractivity contribution is 7.80. The van der Waals surface area contributed by atoms with Gasteiger partial charge in [0.2, 0.25) is 0 Å². The van der Waals surface area contributed by atoms with E-state index in [1.165, 1.54) is 0 Å². The number of isothiocyanates is 1. The number of aliphatic hydroxyl groups is 2. The van der Waals surface area contributed by atoms with E-state index in [0.717, 1.165) is 42.0 Å². The number of nitrogens with two attached hydrogens (primary N) is 1. The maximum absolute atomic E-state index is 9.17. The molecule has 2 rings (SSSR count). The van der Waals surface area contributed by atoms with Crippen LogP contribution in [-0.2, 0) is 12.8 Å². The van der Waals surface area contributed by atoms with Crippen molar-refractivity contribution in [3.05, 3.63) is 59.7 Å². The molecule has 6 N–H and O–H groups in total. The zero-order valence-electron chi connectivity index (χ0n) is 24.8. The Morgan fingerprint density at radius 3 is 1.80 bits per heavy atom. The second kappa shape index (κ2) is 21.2. The summed E-state index contributed by atoms with van der Waals surface area (Å²) in [6.45, 7) is 10.7. The SMILES string of the molecule is CC(C)(CN)CO.COc1ccccc1CCN=C=S.COc1ccccc1CCNC(=S)NCC(C)(C)CO. The molecule has 0 amide bonds. The maximum atomic E-state index is 9.17. The number of thiocarbonyl (C=S) groups is 2. The van der Waals surface area contributed by atoms with Crippen LogP contribution in [0, 0.1) is 10.8 Å². The van der Waals surface area contributed by atoms with E-state index in [9.17, 15) is 5.11 Å². The summed E-state index contributed by atoms with van der Waals surface area (Å²) in [5.41, 5.74) is 7.31. The molecular weight excluding hydrogens is 544 g/mol. The average molecular weight is 593 g/mol. The summed E-state index contributed by atoms with van der Waals surface area (Å²) in [6.07, 6.45) is 1.68. The third-order valence-corrected chi connectivity index (χ3v) is 6.18. The molecule has 0 aromatic heterocycles. The van der Waals surface area contributed by atoms with Gasteiger partial charge in [-0.1, -0.05) is 64.1 Å². The standard InChI is InChI=1S/C15H24N2O2S.C10H11NOS.C5H13NO/c1-15(2,11-18)10-17-14(20)16-9-8-12-6-4-5-7-13(12)19-3;1-12-10-5-3-2-4-9(10)6-7-11-8-13;1-5(2,3-6)4-7/h4-7,18H,8-11H2,1-3H3,(H2,16,17,20);2-5H,6-7H2,1H3;7H,3-4,6H2,1-2H3. The Balaban J connectivity index is 0.000000649. The quantitative estimate of drug-likeness (QED) is 0.173. The van der Waals surface area contributed by atoms with E-state index in [0.29, 0.717) is 24.7 Å². The van der Waals surface area contributed by atoms with Crippen LogP contribution in [0.2, 0.25) is 0 Å². The minimum absolute atomic E-state index is 0.0833. The fourth-order valence-corrected chi connectivity index (χ4v) is 3.12. The Kier molecular flexibility index (Phi) is 19.8. The van der Waals surface area contributed by atoms with Gasteiger partial charge in [-0.25, -0.2) is 4.99 Å². The van der Waals surface area contributed by atoms with Crippen molar-refractivity contribution in [3.8, 4) is 11.5 Å². The van der Waals surface area contributed by atoms with Crippen LogP contribution in [0.3, 0.4) is 0 Å². The van der Waals surface area contributed by atoms with Crippen LogP contribution in [0.4, 0.5) is 0 Å². The molecule has 0 spiro atoms. The Morgan fingerprint density at radius 1 is 0.875 bits per heavy atom. The average Bonchev–Trinajstić information content (AvgIpc) is 2.97. The highest BCUT2D eigenvalue weighted by Gasteiger charge is 2.16. The van der Waals surface area contributed by atoms with Crippen molar-refractivity contribution in [2.24, 2.45) is 21.6 Å². The topological polar surface area (TPSA) is 121 Å². The van der Waals surface area contributed by atoms with Crippen LogP contribution >= 0.6 is 24.4 Å². The summed E-state index contributed by atoms with van der Waals surface area (Å²) < 4.78 is 10.5. The molecule has 10 heteroatoms. The van der Waals surface area contributed by atoms with Crippen LogP contribution in [0.25, 0.3) is 0 Å². The first-order valence-electron chi connectivity index (χ1n) is 13.2. The van der Waals surface area contributed by atoms with Crippen molar-refractivity contribution in [2.45, 2.75) is 40.5 Å². The van der Waals surface area contributed by atoms with Crippen LogP contribution in [0.5, 0.6) is 11.5 Å². The third-order valence-electron chi connectivity index (χ3n) is 5.76. The molecule has 224 valence electrons. The summed E-state index contributed by atoms with van der Waals surface area (Å²) in [7, 11) is 3.34. The normalized spacial score (nSPS) is 10.5. The number of ether oxygens (including phenoxy) is 2. The highest BCUT2D eigenvalue weighted by Crippen LogP contribution is 2.18. The zero-order valence-corrected chi connectivity index (χ0v) is 26.5. The minimum atomic E-state index is -0.172. The lowest BCUT2D eigenvalue weighted by molar-refractivity contribution is 0.162. The van der Waals surface area contributed by atoms with Gasteiger partial charge in [0.15, 0.2) is 5.11 Å². The molecule has 0 unspecified atom stereocenters. The molecule has 2 aromatic carbocycles. The molecule has 0 heterocycles. The van der Waals surface area contributed by atoms with Gasteiger partial charge in [0, 0.05) is 37.1 Å². The van der Waals surface area contributed by atoms with Crippen LogP contribution in [-0.4, -0.2) is 74.1 Å². The van der Waals surface area contributed by atoms with E-state index in [4.69, 9.17) is 32.5 Å². The molecule has 0 aliphatic heterocycles. The van der Waals surface area contributed by atoms with E-state index >= 15 is 0 Å². The number of benzene rings is 2. The number of nitrogens with one attached hydrogen (secondary N) is 2. The summed E-state index contributed by atoms with van der Waals surface area (Å²) in [4.78, 5) is 3.85. The zero-order chi connectivity index (χ0) is 30.4. The fraction of sp³-hybridized carbons (Fsp3) is 0.533. The van der Waals surface area contributed by atoms with E-state index in [1.807, 2.05) is 76.2 Å². The van der Waals surface area contributed by atoms with Crippen LogP contribution in [0.15, 0.2) is 53.5 Å². The minimum Gasteiger partial charge on any atom is -0.496 e. The lowest BCUT2D eigenvalue weighted by Gasteiger charge is -2.23. The van der Waals surface area contributed by atoms with E-state index in [-0.39, 0.29) is 24.0 Å². The van der Waals surface area contributed by atoms with Gasteiger partial charge in [-0.3, -0.25) is 0 Å². The molecule has 0 radical (unpaired) electrons. The monoisotopic (exact) mass is 592 g/mol. The first kappa shape index (κ1) is 37.4. The van der Waals surface area contributed by atoms with Crippen LogP contribution < -0.4 is 25.8 Å². The van der Waals surface area contributed by atoms with Crippen molar-refractivity contribution >= 4 is 34.7 Å². The smallest absolute Gasteiger partial charge is 0.166 e. The lowest BCUT2D eigenvalue weighted by atomic mass is 9.95. The van der Waals surface area contributed by atoms with Gasteiger partial charge in [-0.05, 0) is 67.1 Å². The molecule has 0 atom stereocenters. The van der Waals surface area contributed by atoms with Gasteiger partial charge in [-0.15, -0.1) is 0 Å². The van der Waals surface area contributed by atoms with Gasteiger partial charge in [0.25, 0.3) is 0 Å². The Labute approximate surface area is 251 Å². The molecule has 2 aromatic rings. The van der Waals surface area contributed by atoms with Gasteiger partial charge in [0.1, 0.15) is 11.5 Å². The number of para-hydroxylation sites is 2. The third kappa shape index (κ3) is 17.2. The highest BCUT2D eigenvalue weighted by atomic mass is 32.1. The van der Waals surface area contributed by atoms with Gasteiger partial charge in [-0.2, -0.15) is 0 Å². The number of aliphatic hydroxyl groups excluding tert-OH is 2. The van der Waals surface area contributed by atoms with Crippen molar-refractivity contribution in [1.29, 1.82) is 0 Å². The molecule has 0 aliphatic carbocycles. The molecule has 0 saturated carbocycles. The Hall–Kier alpha value is -2.59. The molecule has 0 bridgehead atoms. The number of hydrogen-bond acceptors (Lipinski definition) is 8. The summed E-state index contributed by atoms with van der Waals surface area (Å²) in [5.74, 6) is 1.80. The second-order valence-corrected chi connectivity index (χ2v) is 11.1. The van der Waals surface area contributed by atoms with Crippen molar-refractivity contribution < 1.29 is 19.7 Å². The second-order valence-electron chi connectivity index (χ2n) is 10.6. The Morgan fingerprint density at radius 2 is 1.38 bits per heavy atom. The van der Waals surface area contributed by atoms with Gasteiger partial charge >= 0.3 is 0 Å². The number of rotatable bonds is 13. The van der Waals surface area contributed by atoms with E-state index in [2.05, 4.69) is 33.0 Å². The number of hydrogen-bond donors (Lipinski definition) is 5. The molecular formula is C30H48N4O4S2. The number of methoxy groups -OCH3 is 2. The van der Waals surface area contributed by atoms with Crippen LogP contribution in [0.1, 0.15) is 38.8 Å². The van der Waals surface area contributed by atoms with Crippen molar-refractivity contribution in [2.75, 3.05) is 53.6 Å². The number of aliphatic imine (C=N–C) groups is 1. The van der Waals surface area contributed by atoms with E-state index < -0.39 is 0 Å². The maximum Gasteiger partial charge on any atom is 0.166 e. The fourth-order valence-electron chi connectivity index (χ4n) is 2.85. The summed E-state index contributed by atoms with van der Waals surface area (Å²) in [6, 6.07) is 15.9. The largest absolute Gasteiger partial charge is 0.496 e. The molecule has 0 fully saturated rings. The van der Waals surface area contributed by atoms with Crippen molar-refractivity contribution in [3.63, 3.8) is 0 Å². The molecule has 8 nitrogen and oxygen atoms in total. The lowest BCUT2D eigenvalue weighted by Crippen LogP contribution is -2.42. The number of nitrogens with zero attached hydrogens (tertiary/aromatic N) is 1. The van der Waals surface area contributed by atoms with Gasteiger partial charge in [0.05, 0.1) is 25.9 Å². The predicted octanol–water partition coefficient (Wildman–Crippen LogP) is 4.02. The summed E-state index contributed by atoms with van der Waals surface area (Å²) in [5, 5.41) is 26.9. The molecule has 40 heavy (non-hydrogen) atoms. The molecule has 0 aliphatic rings. The van der Waals surface area contributed by atoms with Gasteiger partial charge < -0.3 is 36.1 Å². The predicted molar refractivity (Wildman–Crippen MR) is 173 cm³/mol. The first-order chi connectivity index (χ1) is 19.0. The van der Waals surface area contributed by atoms with Crippen molar-refractivity contribution in [1.82, 2.24) is 10.6 Å². The molecule has 0 saturated heterocycles.